The van der Waals surface area contributed by atoms with E-state index in [0.29, 0.717) is 6.54 Å². The third kappa shape index (κ3) is 4.83. The monoisotopic (exact) mass is 358 g/mol. The number of carbonyl (C=O) groups excluding carboxylic acids is 1. The van der Waals surface area contributed by atoms with Crippen LogP contribution in [0, 0.1) is 0 Å². The van der Waals surface area contributed by atoms with Crippen LogP contribution in [0.3, 0.4) is 0 Å². The van der Waals surface area contributed by atoms with E-state index in [0.717, 1.165) is 32.1 Å². The Hall–Kier alpha value is -1.84. The van der Waals surface area contributed by atoms with Gasteiger partial charge in [-0.2, -0.15) is 0 Å². The van der Waals surface area contributed by atoms with Crippen LogP contribution in [-0.2, 0) is 4.79 Å². The molecule has 0 saturated heterocycles. The summed E-state index contributed by atoms with van der Waals surface area (Å²) in [4.78, 5) is 12.4. The van der Waals surface area contributed by atoms with Crippen molar-refractivity contribution in [1.82, 2.24) is 5.32 Å². The minimum Gasteiger partial charge on any atom is -0.354 e. The van der Waals surface area contributed by atoms with Gasteiger partial charge in [0.2, 0.25) is 5.91 Å². The highest BCUT2D eigenvalue weighted by atomic mass is 35.5. The largest absolute Gasteiger partial charge is 0.354 e. The van der Waals surface area contributed by atoms with Crippen molar-refractivity contribution in [3.05, 3.63) is 71.8 Å². The molecule has 0 radical (unpaired) electrons. The van der Waals surface area contributed by atoms with Crippen LogP contribution < -0.4 is 11.1 Å². The van der Waals surface area contributed by atoms with Crippen LogP contribution in [-0.4, -0.2) is 18.0 Å². The molecule has 2 aromatic rings. The van der Waals surface area contributed by atoms with Gasteiger partial charge in [-0.1, -0.05) is 73.5 Å². The highest BCUT2D eigenvalue weighted by molar-refractivity contribution is 5.86. The Bertz CT molecular complexity index is 615. The quantitative estimate of drug-likeness (QED) is 0.819. The van der Waals surface area contributed by atoms with Crippen LogP contribution in [0.25, 0.3) is 0 Å². The molecule has 1 saturated carbocycles. The van der Waals surface area contributed by atoms with Gasteiger partial charge in [0.1, 0.15) is 0 Å². The van der Waals surface area contributed by atoms with Gasteiger partial charge in [0.05, 0.1) is 5.54 Å². The van der Waals surface area contributed by atoms with Crippen molar-refractivity contribution in [1.29, 1.82) is 0 Å². The van der Waals surface area contributed by atoms with Gasteiger partial charge in [-0.25, -0.2) is 0 Å². The number of nitrogens with two attached hydrogens (primary N) is 1. The van der Waals surface area contributed by atoms with Gasteiger partial charge in [-0.15, -0.1) is 12.4 Å². The molecular weight excluding hydrogens is 332 g/mol. The van der Waals surface area contributed by atoms with Crippen LogP contribution in [0.15, 0.2) is 60.7 Å². The first-order valence-corrected chi connectivity index (χ1v) is 8.86. The second kappa shape index (κ2) is 9.02. The number of amides is 1. The molecule has 0 bridgehead atoms. The number of benzene rings is 2. The fourth-order valence-corrected chi connectivity index (χ4v) is 3.64. The van der Waals surface area contributed by atoms with E-state index in [1.54, 1.807) is 0 Å². The summed E-state index contributed by atoms with van der Waals surface area (Å²) in [5.41, 5.74) is 8.14. The van der Waals surface area contributed by atoms with Gasteiger partial charge >= 0.3 is 0 Å². The molecule has 0 spiro atoms. The number of carbonyl (C=O) groups is 1. The van der Waals surface area contributed by atoms with Crippen LogP contribution in [0.4, 0.5) is 0 Å². The first-order chi connectivity index (χ1) is 11.7. The Morgan fingerprint density at radius 3 is 1.92 bits per heavy atom. The fourth-order valence-electron chi connectivity index (χ4n) is 3.64. The number of hydrogen-bond acceptors (Lipinski definition) is 2. The fraction of sp³-hybridized carbons (Fsp3) is 0.381. The summed E-state index contributed by atoms with van der Waals surface area (Å²) in [6, 6.07) is 20.9. The molecule has 0 atom stereocenters. The molecule has 0 unspecified atom stereocenters. The van der Waals surface area contributed by atoms with Crippen molar-refractivity contribution in [2.45, 2.75) is 43.6 Å². The third-order valence-electron chi connectivity index (χ3n) is 5.07. The number of halogens is 1. The molecule has 134 valence electrons. The average Bonchev–Trinajstić information content (AvgIpc) is 3.08. The molecule has 1 fully saturated rings. The summed E-state index contributed by atoms with van der Waals surface area (Å²) in [6.07, 6.45) is 4.59. The van der Waals surface area contributed by atoms with Crippen molar-refractivity contribution in [3.8, 4) is 0 Å². The van der Waals surface area contributed by atoms with Crippen LogP contribution in [0.5, 0.6) is 0 Å². The van der Waals surface area contributed by atoms with E-state index in [4.69, 9.17) is 5.73 Å². The molecule has 0 heterocycles. The Morgan fingerprint density at radius 2 is 1.44 bits per heavy atom. The first-order valence-electron chi connectivity index (χ1n) is 8.86. The number of nitrogens with one attached hydrogen (secondary N) is 1. The van der Waals surface area contributed by atoms with Crippen molar-refractivity contribution < 1.29 is 4.79 Å². The summed E-state index contributed by atoms with van der Waals surface area (Å²) in [6.45, 7) is 0.645. The molecule has 25 heavy (non-hydrogen) atoms. The van der Waals surface area contributed by atoms with E-state index in [9.17, 15) is 4.79 Å². The van der Waals surface area contributed by atoms with Crippen molar-refractivity contribution in [2.24, 2.45) is 5.73 Å². The van der Waals surface area contributed by atoms with Crippen LogP contribution in [0.1, 0.15) is 49.1 Å². The second-order valence-corrected chi connectivity index (χ2v) is 6.78. The Balaban J connectivity index is 0.00000225. The molecule has 1 amide bonds. The lowest BCUT2D eigenvalue weighted by Gasteiger charge is -2.24. The molecule has 2 aromatic carbocycles. The van der Waals surface area contributed by atoms with E-state index in [1.807, 2.05) is 12.1 Å². The van der Waals surface area contributed by atoms with Crippen molar-refractivity contribution in [2.75, 3.05) is 6.54 Å². The SMILES string of the molecule is Cl.NC1(C(=O)NCCC(c2ccccc2)c2ccccc2)CCCC1. The first kappa shape index (κ1) is 19.5. The average molecular weight is 359 g/mol. The Kier molecular flexibility index (Phi) is 7.03. The summed E-state index contributed by atoms with van der Waals surface area (Å²) in [5.74, 6) is 0.296. The summed E-state index contributed by atoms with van der Waals surface area (Å²) < 4.78 is 0. The van der Waals surface area contributed by atoms with E-state index in [2.05, 4.69) is 53.8 Å². The third-order valence-corrected chi connectivity index (χ3v) is 5.07. The molecule has 3 rings (SSSR count). The van der Waals surface area contributed by atoms with E-state index < -0.39 is 5.54 Å². The van der Waals surface area contributed by atoms with E-state index in [-0.39, 0.29) is 24.2 Å². The molecule has 1 aliphatic rings. The van der Waals surface area contributed by atoms with E-state index >= 15 is 0 Å². The summed E-state index contributed by atoms with van der Waals surface area (Å²) in [7, 11) is 0. The van der Waals surface area contributed by atoms with Crippen molar-refractivity contribution in [3.63, 3.8) is 0 Å². The smallest absolute Gasteiger partial charge is 0.240 e. The van der Waals surface area contributed by atoms with Crippen LogP contribution >= 0.6 is 12.4 Å². The highest BCUT2D eigenvalue weighted by Gasteiger charge is 2.36. The highest BCUT2D eigenvalue weighted by Crippen LogP contribution is 2.29. The minimum atomic E-state index is -0.644. The number of rotatable bonds is 6. The topological polar surface area (TPSA) is 55.1 Å². The summed E-state index contributed by atoms with van der Waals surface area (Å²) >= 11 is 0. The predicted octanol–water partition coefficient (Wildman–Crippen LogP) is 4.02. The lowest BCUT2D eigenvalue weighted by molar-refractivity contribution is -0.126. The Morgan fingerprint density at radius 1 is 0.960 bits per heavy atom. The standard InChI is InChI=1S/C21H26N2O.ClH/c22-21(14-7-8-15-21)20(24)23-16-13-19(17-9-3-1-4-10-17)18-11-5-2-6-12-18;/h1-6,9-12,19H,7-8,13-16,22H2,(H,23,24);1H. The summed E-state index contributed by atoms with van der Waals surface area (Å²) in [5, 5.41) is 3.07. The van der Waals surface area contributed by atoms with Gasteiger partial charge in [0.25, 0.3) is 0 Å². The van der Waals surface area contributed by atoms with Crippen LogP contribution in [0.2, 0.25) is 0 Å². The minimum absolute atomic E-state index is 0. The zero-order chi connectivity index (χ0) is 16.8. The lowest BCUT2D eigenvalue weighted by atomic mass is 9.88. The Labute approximate surface area is 156 Å². The molecule has 3 N–H and O–H groups in total. The van der Waals surface area contributed by atoms with Gasteiger partial charge < -0.3 is 11.1 Å². The lowest BCUT2D eigenvalue weighted by Crippen LogP contribution is -2.52. The van der Waals surface area contributed by atoms with Gasteiger partial charge in [0, 0.05) is 12.5 Å². The van der Waals surface area contributed by atoms with E-state index in [1.165, 1.54) is 11.1 Å². The number of hydrogen-bond donors (Lipinski definition) is 2. The van der Waals surface area contributed by atoms with Gasteiger partial charge in [-0.3, -0.25) is 4.79 Å². The maximum absolute atomic E-state index is 12.4. The molecule has 1 aliphatic carbocycles. The second-order valence-electron chi connectivity index (χ2n) is 6.78. The predicted molar refractivity (Wildman–Crippen MR) is 105 cm³/mol. The zero-order valence-corrected chi connectivity index (χ0v) is 15.3. The van der Waals surface area contributed by atoms with Gasteiger partial charge in [-0.05, 0) is 30.4 Å². The zero-order valence-electron chi connectivity index (χ0n) is 14.5. The normalized spacial score (nSPS) is 15.6. The maximum Gasteiger partial charge on any atom is 0.240 e. The molecule has 0 aromatic heterocycles. The maximum atomic E-state index is 12.4. The molecular formula is C21H27ClN2O. The molecule has 3 nitrogen and oxygen atoms in total. The van der Waals surface area contributed by atoms with Crippen molar-refractivity contribution >= 4 is 18.3 Å². The molecule has 0 aliphatic heterocycles. The molecule has 4 heteroatoms. The van der Waals surface area contributed by atoms with Gasteiger partial charge in [0.15, 0.2) is 0 Å².